The molecule has 0 atom stereocenters. The molecule has 3 rings (SSSR count). The van der Waals surface area contributed by atoms with E-state index in [4.69, 9.17) is 0 Å². The predicted octanol–water partition coefficient (Wildman–Crippen LogP) is 2.10. The molecule has 1 aromatic carbocycles. The summed E-state index contributed by atoms with van der Waals surface area (Å²) in [6.45, 7) is 1.98. The smallest absolute Gasteiger partial charge is 0.378 e. The van der Waals surface area contributed by atoms with Crippen molar-refractivity contribution in [1.82, 2.24) is 14.5 Å². The summed E-state index contributed by atoms with van der Waals surface area (Å²) >= 11 is 0. The van der Waals surface area contributed by atoms with E-state index in [9.17, 15) is 0 Å². The van der Waals surface area contributed by atoms with Crippen LogP contribution in [0.15, 0.2) is 36.7 Å². The van der Waals surface area contributed by atoms with E-state index >= 15 is 0 Å². The van der Waals surface area contributed by atoms with E-state index < -0.39 is 0 Å². The summed E-state index contributed by atoms with van der Waals surface area (Å²) in [4.78, 5) is 10.8. The first kappa shape index (κ1) is 14.3. The van der Waals surface area contributed by atoms with Crippen molar-refractivity contribution in [2.45, 2.75) is 6.92 Å². The Labute approximate surface area is 130 Å². The summed E-state index contributed by atoms with van der Waals surface area (Å²) in [5.74, 6) is 0.713. The minimum Gasteiger partial charge on any atom is -0.378 e. The highest BCUT2D eigenvalue weighted by Gasteiger charge is 2.11. The number of aryl methyl sites for hydroxylation is 2. The van der Waals surface area contributed by atoms with Gasteiger partial charge in [-0.3, -0.25) is 0 Å². The van der Waals surface area contributed by atoms with Crippen molar-refractivity contribution < 1.29 is 4.68 Å². The van der Waals surface area contributed by atoms with Crippen LogP contribution < -0.4 is 9.58 Å². The highest BCUT2D eigenvalue weighted by Crippen LogP contribution is 2.15. The molecule has 0 amide bonds. The van der Waals surface area contributed by atoms with Crippen molar-refractivity contribution in [2.75, 3.05) is 19.0 Å². The van der Waals surface area contributed by atoms with Gasteiger partial charge in [0.05, 0.1) is 5.69 Å². The normalized spacial score (nSPS) is 11.5. The fourth-order valence-corrected chi connectivity index (χ4v) is 2.41. The van der Waals surface area contributed by atoms with Crippen molar-refractivity contribution in [2.24, 2.45) is 7.05 Å². The molecule has 0 spiro atoms. The average Bonchev–Trinajstić information content (AvgIpc) is 2.86. The first-order valence-electron chi connectivity index (χ1n) is 7.21. The topological polar surface area (TPSA) is 37.3 Å². The molecule has 2 heterocycles. The highest BCUT2D eigenvalue weighted by atomic mass is 15.4. The number of hydrogen-bond acceptors (Lipinski definition) is 3. The summed E-state index contributed by atoms with van der Waals surface area (Å²) in [6, 6.07) is 10.5. The molecule has 0 fully saturated rings. The molecule has 22 heavy (non-hydrogen) atoms. The van der Waals surface area contributed by atoms with Crippen LogP contribution in [0.25, 0.3) is 17.9 Å². The Kier molecular flexibility index (Phi) is 3.63. The Morgan fingerprint density at radius 3 is 2.55 bits per heavy atom. The van der Waals surface area contributed by atoms with Crippen molar-refractivity contribution in [1.29, 1.82) is 0 Å². The molecule has 0 unspecified atom stereocenters. The monoisotopic (exact) mass is 294 g/mol. The first-order valence-corrected chi connectivity index (χ1v) is 7.21. The van der Waals surface area contributed by atoms with Gasteiger partial charge in [-0.15, -0.1) is 4.52 Å². The standard InChI is InChI=1S/C17H20N5/c1-13-11-16(22-17(19-13)18-12-21(22)4)10-7-14-5-8-15(9-6-14)20(2)3/h5-12H,1-4H3/q+1. The van der Waals surface area contributed by atoms with Crippen molar-refractivity contribution in [3.63, 3.8) is 0 Å². The number of nitrogens with zero attached hydrogens (tertiary/aromatic N) is 5. The van der Waals surface area contributed by atoms with Crippen LogP contribution in [0.2, 0.25) is 0 Å². The predicted molar refractivity (Wildman–Crippen MR) is 88.6 cm³/mol. The summed E-state index contributed by atoms with van der Waals surface area (Å²) in [5, 5.41) is 0. The SMILES string of the molecule is Cc1cc(C=Cc2ccc(N(C)C)cc2)n2c(nc[n+]2C)n1. The molecule has 0 saturated heterocycles. The van der Waals surface area contributed by atoms with E-state index in [0.717, 1.165) is 17.0 Å². The van der Waals surface area contributed by atoms with Crippen LogP contribution in [0, 0.1) is 6.92 Å². The molecule has 0 saturated carbocycles. The largest absolute Gasteiger partial charge is 0.381 e. The van der Waals surface area contributed by atoms with Gasteiger partial charge in [-0.05, 0) is 41.7 Å². The summed E-state index contributed by atoms with van der Waals surface area (Å²) in [7, 11) is 6.04. The van der Waals surface area contributed by atoms with Gasteiger partial charge in [0.15, 0.2) is 0 Å². The Hall–Kier alpha value is -2.69. The van der Waals surface area contributed by atoms with Gasteiger partial charge in [0.2, 0.25) is 0 Å². The second-order valence-corrected chi connectivity index (χ2v) is 5.57. The molecule has 112 valence electrons. The van der Waals surface area contributed by atoms with Gasteiger partial charge in [-0.1, -0.05) is 18.2 Å². The van der Waals surface area contributed by atoms with Crippen LogP contribution in [-0.2, 0) is 7.05 Å². The molecule has 2 aromatic heterocycles. The molecule has 5 nitrogen and oxygen atoms in total. The van der Waals surface area contributed by atoms with Gasteiger partial charge in [0.25, 0.3) is 0 Å². The molecular formula is C17H20N5+. The number of rotatable bonds is 3. The maximum Gasteiger partial charge on any atom is 0.381 e. The third-order valence-corrected chi connectivity index (χ3v) is 3.58. The molecule has 5 heteroatoms. The molecule has 0 radical (unpaired) electrons. The lowest BCUT2D eigenvalue weighted by atomic mass is 10.1. The molecule has 3 aromatic rings. The molecule has 0 aliphatic rings. The fraction of sp³-hybridized carbons (Fsp3) is 0.235. The van der Waals surface area contributed by atoms with Crippen LogP contribution in [0.4, 0.5) is 5.69 Å². The Morgan fingerprint density at radius 1 is 1.14 bits per heavy atom. The lowest BCUT2D eigenvalue weighted by Crippen LogP contribution is -2.35. The summed E-state index contributed by atoms with van der Waals surface area (Å²) in [5.41, 5.74) is 4.37. The second-order valence-electron chi connectivity index (χ2n) is 5.57. The van der Waals surface area contributed by atoms with Crippen LogP contribution in [-0.4, -0.2) is 28.6 Å². The average molecular weight is 294 g/mol. The van der Waals surface area contributed by atoms with Crippen LogP contribution >= 0.6 is 0 Å². The van der Waals surface area contributed by atoms with Crippen molar-refractivity contribution >= 4 is 23.6 Å². The van der Waals surface area contributed by atoms with Gasteiger partial charge in [0.1, 0.15) is 7.05 Å². The molecule has 0 N–H and O–H groups in total. The van der Waals surface area contributed by atoms with E-state index in [2.05, 4.69) is 57.4 Å². The lowest BCUT2D eigenvalue weighted by Gasteiger charge is -2.11. The zero-order chi connectivity index (χ0) is 15.7. The minimum absolute atomic E-state index is 0.713. The number of anilines is 1. The number of benzene rings is 1. The van der Waals surface area contributed by atoms with Crippen LogP contribution in [0.5, 0.6) is 0 Å². The van der Waals surface area contributed by atoms with Crippen LogP contribution in [0.3, 0.4) is 0 Å². The molecular weight excluding hydrogens is 274 g/mol. The van der Waals surface area contributed by atoms with E-state index in [1.165, 1.54) is 5.69 Å². The van der Waals surface area contributed by atoms with Gasteiger partial charge in [-0.25, -0.2) is 0 Å². The van der Waals surface area contributed by atoms with Gasteiger partial charge >= 0.3 is 12.1 Å². The Morgan fingerprint density at radius 2 is 1.86 bits per heavy atom. The van der Waals surface area contributed by atoms with Crippen molar-refractivity contribution in [3.05, 3.63) is 53.6 Å². The van der Waals surface area contributed by atoms with E-state index in [-0.39, 0.29) is 0 Å². The second kappa shape index (κ2) is 5.60. The molecule has 0 bridgehead atoms. The number of fused-ring (bicyclic) bond motifs is 1. The molecule has 0 aliphatic carbocycles. The van der Waals surface area contributed by atoms with Crippen LogP contribution in [0.1, 0.15) is 17.0 Å². The Bertz CT molecular complexity index is 828. The maximum absolute atomic E-state index is 4.43. The van der Waals surface area contributed by atoms with Crippen molar-refractivity contribution in [3.8, 4) is 0 Å². The van der Waals surface area contributed by atoms with Gasteiger partial charge < -0.3 is 4.90 Å². The maximum atomic E-state index is 4.43. The third-order valence-electron chi connectivity index (χ3n) is 3.58. The highest BCUT2D eigenvalue weighted by molar-refractivity contribution is 5.69. The lowest BCUT2D eigenvalue weighted by molar-refractivity contribution is -0.739. The van der Waals surface area contributed by atoms with Gasteiger partial charge in [0, 0.05) is 25.5 Å². The van der Waals surface area contributed by atoms with E-state index in [1.54, 1.807) is 6.33 Å². The quantitative estimate of drug-likeness (QED) is 0.694. The number of aromatic nitrogens is 4. The minimum atomic E-state index is 0.713. The summed E-state index contributed by atoms with van der Waals surface area (Å²) in [6.07, 6.45) is 5.96. The molecule has 0 aliphatic heterocycles. The number of hydrogen-bond donors (Lipinski definition) is 0. The summed E-state index contributed by atoms with van der Waals surface area (Å²) < 4.78 is 3.91. The third kappa shape index (κ3) is 2.70. The van der Waals surface area contributed by atoms with E-state index in [1.807, 2.05) is 37.3 Å². The zero-order valence-electron chi connectivity index (χ0n) is 13.4. The van der Waals surface area contributed by atoms with Gasteiger partial charge in [-0.2, -0.15) is 9.67 Å². The zero-order valence-corrected chi connectivity index (χ0v) is 13.4. The fourth-order valence-electron chi connectivity index (χ4n) is 2.41. The van der Waals surface area contributed by atoms with E-state index in [0.29, 0.717) is 5.78 Å². The Balaban J connectivity index is 1.97. The first-order chi connectivity index (χ1) is 10.5.